The van der Waals surface area contributed by atoms with Gasteiger partial charge in [0.2, 0.25) is 0 Å². The number of nitrogen functional groups attached to an aromatic ring is 1. The van der Waals surface area contributed by atoms with E-state index < -0.39 is 18.4 Å². The van der Waals surface area contributed by atoms with Crippen LogP contribution in [0.15, 0.2) is 30.3 Å². The Morgan fingerprint density at radius 2 is 2.00 bits per heavy atom. The summed E-state index contributed by atoms with van der Waals surface area (Å²) < 4.78 is 0. The van der Waals surface area contributed by atoms with Gasteiger partial charge in [0.05, 0.1) is 5.69 Å². The molecule has 19 heavy (non-hydrogen) atoms. The molecular weight excluding hydrogens is 266 g/mol. The number of carboxylic acid groups (broad SMARTS) is 1. The molecule has 2 aromatic rings. The van der Waals surface area contributed by atoms with Crippen molar-refractivity contribution in [1.82, 2.24) is 10.3 Å². The standard InChI is InChI=1S/C12H11N3O3S/c13-12-15-9(7-4-2-1-3-5-7)10(19-12)11(18)14-6-8(16)17/h1-5H,6H2,(H2,13,15)(H,14,18)(H,16,17). The molecule has 7 heteroatoms. The molecule has 6 nitrogen and oxygen atoms in total. The van der Waals surface area contributed by atoms with E-state index in [2.05, 4.69) is 10.3 Å². The van der Waals surface area contributed by atoms with Gasteiger partial charge in [-0.25, -0.2) is 4.98 Å². The number of nitrogens with zero attached hydrogens (tertiary/aromatic N) is 1. The number of thiazole rings is 1. The number of aliphatic carboxylic acids is 1. The van der Waals surface area contributed by atoms with E-state index in [-0.39, 0.29) is 5.13 Å². The topological polar surface area (TPSA) is 105 Å². The maximum atomic E-state index is 11.9. The number of aromatic nitrogens is 1. The van der Waals surface area contributed by atoms with Crippen molar-refractivity contribution in [3.63, 3.8) is 0 Å². The second kappa shape index (κ2) is 5.49. The molecule has 2 rings (SSSR count). The van der Waals surface area contributed by atoms with Gasteiger partial charge >= 0.3 is 5.97 Å². The maximum absolute atomic E-state index is 11.9. The average Bonchev–Trinajstić information content (AvgIpc) is 2.79. The number of carbonyl (C=O) groups excluding carboxylic acids is 1. The normalized spacial score (nSPS) is 10.1. The second-order valence-corrected chi connectivity index (χ2v) is 4.70. The van der Waals surface area contributed by atoms with Crippen molar-refractivity contribution in [3.05, 3.63) is 35.2 Å². The summed E-state index contributed by atoms with van der Waals surface area (Å²) >= 11 is 1.03. The van der Waals surface area contributed by atoms with Crippen molar-refractivity contribution >= 4 is 28.3 Å². The zero-order valence-electron chi connectivity index (χ0n) is 9.79. The van der Waals surface area contributed by atoms with Crippen LogP contribution in [0.5, 0.6) is 0 Å². The molecule has 1 amide bonds. The number of anilines is 1. The van der Waals surface area contributed by atoms with E-state index in [1.54, 1.807) is 0 Å². The van der Waals surface area contributed by atoms with Crippen LogP contribution in [0.4, 0.5) is 5.13 Å². The average molecular weight is 277 g/mol. The smallest absolute Gasteiger partial charge is 0.322 e. The summed E-state index contributed by atoms with van der Waals surface area (Å²) in [4.78, 5) is 26.8. The summed E-state index contributed by atoms with van der Waals surface area (Å²) in [5.74, 6) is -1.59. The minimum atomic E-state index is -1.10. The maximum Gasteiger partial charge on any atom is 0.322 e. The van der Waals surface area contributed by atoms with Crippen LogP contribution in [0.1, 0.15) is 9.67 Å². The SMILES string of the molecule is Nc1nc(-c2ccccc2)c(C(=O)NCC(=O)O)s1. The number of hydrogen-bond acceptors (Lipinski definition) is 5. The Bertz CT molecular complexity index is 610. The van der Waals surface area contributed by atoms with E-state index in [9.17, 15) is 9.59 Å². The van der Waals surface area contributed by atoms with Gasteiger partial charge in [0.15, 0.2) is 5.13 Å². The zero-order chi connectivity index (χ0) is 13.8. The van der Waals surface area contributed by atoms with Crippen molar-refractivity contribution in [2.24, 2.45) is 0 Å². The molecule has 1 heterocycles. The van der Waals surface area contributed by atoms with Crippen molar-refractivity contribution in [2.45, 2.75) is 0 Å². The Hall–Kier alpha value is -2.41. The number of rotatable bonds is 4. The van der Waals surface area contributed by atoms with Crippen molar-refractivity contribution in [2.75, 3.05) is 12.3 Å². The number of hydrogen-bond donors (Lipinski definition) is 3. The highest BCUT2D eigenvalue weighted by atomic mass is 32.1. The number of benzene rings is 1. The number of nitrogens with one attached hydrogen (secondary N) is 1. The van der Waals surface area contributed by atoms with Crippen LogP contribution < -0.4 is 11.1 Å². The Morgan fingerprint density at radius 3 is 2.63 bits per heavy atom. The summed E-state index contributed by atoms with van der Waals surface area (Å²) in [5.41, 5.74) is 6.85. The Morgan fingerprint density at radius 1 is 1.32 bits per heavy atom. The number of amides is 1. The lowest BCUT2D eigenvalue weighted by molar-refractivity contribution is -0.135. The Balaban J connectivity index is 2.31. The van der Waals surface area contributed by atoms with Gasteiger partial charge in [-0.3, -0.25) is 9.59 Å². The molecule has 0 aliphatic carbocycles. The number of nitrogens with two attached hydrogens (primary N) is 1. The molecule has 0 radical (unpaired) electrons. The molecule has 98 valence electrons. The summed E-state index contributed by atoms with van der Waals surface area (Å²) in [7, 11) is 0. The zero-order valence-corrected chi connectivity index (χ0v) is 10.6. The van der Waals surface area contributed by atoms with E-state index in [0.29, 0.717) is 10.6 Å². The third kappa shape index (κ3) is 3.08. The molecule has 0 aliphatic rings. The van der Waals surface area contributed by atoms with Crippen molar-refractivity contribution < 1.29 is 14.7 Å². The van der Waals surface area contributed by atoms with E-state index >= 15 is 0 Å². The first-order chi connectivity index (χ1) is 9.08. The highest BCUT2D eigenvalue weighted by Crippen LogP contribution is 2.29. The van der Waals surface area contributed by atoms with Crippen LogP contribution >= 0.6 is 11.3 Å². The van der Waals surface area contributed by atoms with Gasteiger partial charge < -0.3 is 16.2 Å². The minimum absolute atomic E-state index is 0.263. The molecule has 0 fully saturated rings. The lowest BCUT2D eigenvalue weighted by atomic mass is 10.1. The van der Waals surface area contributed by atoms with E-state index in [1.807, 2.05) is 30.3 Å². The first-order valence-corrected chi connectivity index (χ1v) is 6.21. The van der Waals surface area contributed by atoms with Gasteiger partial charge in [-0.05, 0) is 0 Å². The highest BCUT2D eigenvalue weighted by Gasteiger charge is 2.18. The molecule has 0 spiro atoms. The summed E-state index contributed by atoms with van der Waals surface area (Å²) in [6, 6.07) is 9.11. The third-order valence-corrected chi connectivity index (χ3v) is 3.18. The third-order valence-electron chi connectivity index (χ3n) is 2.30. The van der Waals surface area contributed by atoms with Crippen LogP contribution in [0.25, 0.3) is 11.3 Å². The molecule has 0 saturated carbocycles. The predicted octanol–water partition coefficient (Wildman–Crippen LogP) is 1.21. The fourth-order valence-corrected chi connectivity index (χ4v) is 2.29. The molecule has 0 saturated heterocycles. The Labute approximate surface area is 112 Å². The highest BCUT2D eigenvalue weighted by molar-refractivity contribution is 7.17. The van der Waals surface area contributed by atoms with Crippen LogP contribution in [0.3, 0.4) is 0 Å². The molecule has 0 aliphatic heterocycles. The first-order valence-electron chi connectivity index (χ1n) is 5.39. The van der Waals surface area contributed by atoms with Crippen LogP contribution in [-0.4, -0.2) is 28.5 Å². The quantitative estimate of drug-likeness (QED) is 0.779. The Kier molecular flexibility index (Phi) is 3.76. The van der Waals surface area contributed by atoms with E-state index in [4.69, 9.17) is 10.8 Å². The first kappa shape index (κ1) is 13.0. The van der Waals surface area contributed by atoms with Gasteiger partial charge in [0, 0.05) is 5.56 Å². The minimum Gasteiger partial charge on any atom is -0.480 e. The number of carbonyl (C=O) groups is 2. The van der Waals surface area contributed by atoms with Crippen LogP contribution in [0, 0.1) is 0 Å². The van der Waals surface area contributed by atoms with E-state index in [1.165, 1.54) is 0 Å². The van der Waals surface area contributed by atoms with E-state index in [0.717, 1.165) is 16.9 Å². The monoisotopic (exact) mass is 277 g/mol. The van der Waals surface area contributed by atoms with Crippen molar-refractivity contribution in [3.8, 4) is 11.3 Å². The van der Waals surface area contributed by atoms with Crippen LogP contribution in [0.2, 0.25) is 0 Å². The lowest BCUT2D eigenvalue weighted by Gasteiger charge is -2.02. The van der Waals surface area contributed by atoms with Gasteiger partial charge in [-0.15, -0.1) is 0 Å². The molecule has 0 unspecified atom stereocenters. The van der Waals surface area contributed by atoms with Crippen molar-refractivity contribution in [1.29, 1.82) is 0 Å². The molecule has 1 aromatic heterocycles. The van der Waals surface area contributed by atoms with Gasteiger partial charge in [-0.1, -0.05) is 41.7 Å². The fourth-order valence-electron chi connectivity index (χ4n) is 1.52. The largest absolute Gasteiger partial charge is 0.480 e. The summed E-state index contributed by atoms with van der Waals surface area (Å²) in [6.45, 7) is -0.440. The molecule has 1 aromatic carbocycles. The molecular formula is C12H11N3O3S. The van der Waals surface area contributed by atoms with Gasteiger partial charge in [0.25, 0.3) is 5.91 Å². The molecule has 4 N–H and O–H groups in total. The van der Waals surface area contributed by atoms with Crippen LogP contribution in [-0.2, 0) is 4.79 Å². The molecule has 0 atom stereocenters. The number of carboxylic acids is 1. The molecule has 0 bridgehead atoms. The summed E-state index contributed by atoms with van der Waals surface area (Å²) in [6.07, 6.45) is 0. The van der Waals surface area contributed by atoms with Gasteiger partial charge in [-0.2, -0.15) is 0 Å². The fraction of sp³-hybridized carbons (Fsp3) is 0.0833. The lowest BCUT2D eigenvalue weighted by Crippen LogP contribution is -2.28. The second-order valence-electron chi connectivity index (χ2n) is 3.67. The predicted molar refractivity (Wildman–Crippen MR) is 71.9 cm³/mol. The van der Waals surface area contributed by atoms with Gasteiger partial charge in [0.1, 0.15) is 11.4 Å². The summed E-state index contributed by atoms with van der Waals surface area (Å²) in [5, 5.41) is 11.1.